The molecule has 2 aromatic carbocycles. The van der Waals surface area contributed by atoms with Crippen LogP contribution in [0.15, 0.2) is 42.5 Å². The van der Waals surface area contributed by atoms with Gasteiger partial charge in [0.05, 0.1) is 7.11 Å². The summed E-state index contributed by atoms with van der Waals surface area (Å²) < 4.78 is 16.2. The Kier molecular flexibility index (Phi) is 3.19. The van der Waals surface area contributed by atoms with Crippen molar-refractivity contribution >= 4 is 22.3 Å². The summed E-state index contributed by atoms with van der Waals surface area (Å²) in [5.74, 6) is 2.29. The molecule has 23 heavy (non-hydrogen) atoms. The molecular formula is C18H16N2O3. The topological polar surface area (TPSA) is 52.6 Å². The van der Waals surface area contributed by atoms with Gasteiger partial charge in [-0.25, -0.2) is 4.98 Å². The summed E-state index contributed by atoms with van der Waals surface area (Å²) in [4.78, 5) is 4.60. The Bertz CT molecular complexity index is 893. The Morgan fingerprint density at radius 1 is 1.09 bits per heavy atom. The van der Waals surface area contributed by atoms with Gasteiger partial charge in [0.15, 0.2) is 11.5 Å². The molecule has 4 rings (SSSR count). The molecule has 5 heteroatoms. The van der Waals surface area contributed by atoms with Crippen LogP contribution in [0.3, 0.4) is 0 Å². The Labute approximate surface area is 133 Å². The summed E-state index contributed by atoms with van der Waals surface area (Å²) in [6.45, 7) is 2.24. The molecule has 3 aromatic rings. The highest BCUT2D eigenvalue weighted by Gasteiger charge is 2.14. The molecule has 0 saturated carbocycles. The van der Waals surface area contributed by atoms with E-state index in [1.165, 1.54) is 0 Å². The maximum Gasteiger partial charge on any atom is 0.231 e. The van der Waals surface area contributed by atoms with Crippen molar-refractivity contribution < 1.29 is 14.2 Å². The number of hydrogen-bond acceptors (Lipinski definition) is 5. The number of aryl methyl sites for hydroxylation is 1. The molecule has 5 nitrogen and oxygen atoms in total. The number of ether oxygens (including phenoxy) is 3. The zero-order valence-electron chi connectivity index (χ0n) is 12.9. The number of fused-ring (bicyclic) bond motifs is 2. The number of nitrogens with zero attached hydrogens (tertiary/aromatic N) is 1. The van der Waals surface area contributed by atoms with E-state index in [-0.39, 0.29) is 6.79 Å². The van der Waals surface area contributed by atoms with E-state index in [2.05, 4.69) is 10.3 Å². The van der Waals surface area contributed by atoms with Crippen molar-refractivity contribution in [3.05, 3.63) is 48.2 Å². The fourth-order valence-corrected chi connectivity index (χ4v) is 2.75. The molecule has 0 unspecified atom stereocenters. The molecule has 1 aliphatic heterocycles. The highest BCUT2D eigenvalue weighted by atomic mass is 16.7. The molecular weight excluding hydrogens is 292 g/mol. The quantitative estimate of drug-likeness (QED) is 0.792. The Morgan fingerprint density at radius 3 is 2.83 bits per heavy atom. The van der Waals surface area contributed by atoms with E-state index < -0.39 is 0 Å². The van der Waals surface area contributed by atoms with Crippen molar-refractivity contribution in [3.63, 3.8) is 0 Å². The van der Waals surface area contributed by atoms with E-state index in [1.54, 1.807) is 7.11 Å². The zero-order chi connectivity index (χ0) is 15.8. The van der Waals surface area contributed by atoms with Crippen molar-refractivity contribution in [2.45, 2.75) is 6.92 Å². The molecule has 1 aromatic heterocycles. The summed E-state index contributed by atoms with van der Waals surface area (Å²) in [5.41, 5.74) is 3.68. The van der Waals surface area contributed by atoms with Gasteiger partial charge in [0.1, 0.15) is 11.3 Å². The number of nitrogens with one attached hydrogen (secondary N) is 1. The van der Waals surface area contributed by atoms with Gasteiger partial charge in [0, 0.05) is 28.5 Å². The van der Waals surface area contributed by atoms with Gasteiger partial charge < -0.3 is 19.5 Å². The van der Waals surface area contributed by atoms with Gasteiger partial charge in [-0.1, -0.05) is 12.1 Å². The summed E-state index contributed by atoms with van der Waals surface area (Å²) in [5, 5.41) is 4.44. The molecule has 0 fully saturated rings. The van der Waals surface area contributed by atoms with Crippen molar-refractivity contribution in [1.29, 1.82) is 0 Å². The van der Waals surface area contributed by atoms with Gasteiger partial charge in [-0.05, 0) is 31.2 Å². The van der Waals surface area contributed by atoms with Crippen molar-refractivity contribution in [1.82, 2.24) is 4.98 Å². The highest BCUT2D eigenvalue weighted by molar-refractivity contribution is 5.96. The fraction of sp³-hybridized carbons (Fsp3) is 0.167. The second kappa shape index (κ2) is 5.35. The van der Waals surface area contributed by atoms with Gasteiger partial charge in [-0.3, -0.25) is 0 Å². The largest absolute Gasteiger partial charge is 0.494 e. The molecule has 0 amide bonds. The van der Waals surface area contributed by atoms with Crippen LogP contribution in [0.25, 0.3) is 10.9 Å². The first-order chi connectivity index (χ1) is 11.2. The number of hydrogen-bond donors (Lipinski definition) is 1. The second-order valence-electron chi connectivity index (χ2n) is 5.36. The van der Waals surface area contributed by atoms with Crippen LogP contribution < -0.4 is 19.5 Å². The molecule has 0 aliphatic carbocycles. The summed E-state index contributed by atoms with van der Waals surface area (Å²) in [7, 11) is 1.66. The third-order valence-corrected chi connectivity index (χ3v) is 3.80. The van der Waals surface area contributed by atoms with E-state index in [0.717, 1.165) is 45.2 Å². The van der Waals surface area contributed by atoms with Gasteiger partial charge in [0.25, 0.3) is 0 Å². The number of methoxy groups -OCH3 is 1. The lowest BCUT2D eigenvalue weighted by atomic mass is 10.1. The van der Waals surface area contributed by atoms with Crippen LogP contribution in [-0.2, 0) is 0 Å². The molecule has 0 bridgehead atoms. The average Bonchev–Trinajstić information content (AvgIpc) is 3.02. The van der Waals surface area contributed by atoms with E-state index in [9.17, 15) is 0 Å². The number of rotatable bonds is 3. The summed E-state index contributed by atoms with van der Waals surface area (Å²) in [6.07, 6.45) is 0. The molecule has 116 valence electrons. The lowest BCUT2D eigenvalue weighted by Gasteiger charge is -2.13. The van der Waals surface area contributed by atoms with Gasteiger partial charge in [0.2, 0.25) is 6.79 Å². The minimum Gasteiger partial charge on any atom is -0.494 e. The molecule has 2 heterocycles. The SMILES string of the molecule is COc1cccc2c(Nc3ccc4c(c3)OCO4)cc(C)nc12. The van der Waals surface area contributed by atoms with Crippen LogP contribution in [0.4, 0.5) is 11.4 Å². The first kappa shape index (κ1) is 13.7. The molecule has 0 spiro atoms. The lowest BCUT2D eigenvalue weighted by molar-refractivity contribution is 0.174. The number of anilines is 2. The first-order valence-electron chi connectivity index (χ1n) is 7.35. The van der Waals surface area contributed by atoms with E-state index in [1.807, 2.05) is 49.4 Å². The molecule has 1 N–H and O–H groups in total. The number of aromatic nitrogens is 1. The van der Waals surface area contributed by atoms with Gasteiger partial charge in [-0.15, -0.1) is 0 Å². The predicted octanol–water partition coefficient (Wildman–Crippen LogP) is 4.02. The predicted molar refractivity (Wildman–Crippen MR) is 88.9 cm³/mol. The zero-order valence-corrected chi connectivity index (χ0v) is 12.9. The maximum absolute atomic E-state index is 5.43. The van der Waals surface area contributed by atoms with Crippen molar-refractivity contribution in [3.8, 4) is 17.2 Å². The number of para-hydroxylation sites is 1. The lowest BCUT2D eigenvalue weighted by Crippen LogP contribution is -1.96. The molecule has 0 atom stereocenters. The van der Waals surface area contributed by atoms with E-state index >= 15 is 0 Å². The van der Waals surface area contributed by atoms with Crippen LogP contribution in [0, 0.1) is 6.92 Å². The molecule has 0 saturated heterocycles. The standard InChI is InChI=1S/C18H16N2O3/c1-11-8-14(13-4-3-5-16(21-2)18(13)19-11)20-12-6-7-15-17(9-12)23-10-22-15/h3-9H,10H2,1-2H3,(H,19,20). The van der Waals surface area contributed by atoms with Crippen molar-refractivity contribution in [2.24, 2.45) is 0 Å². The molecule has 0 radical (unpaired) electrons. The third kappa shape index (κ3) is 2.40. The van der Waals surface area contributed by atoms with Crippen LogP contribution in [0.5, 0.6) is 17.2 Å². The second-order valence-corrected chi connectivity index (χ2v) is 5.36. The maximum atomic E-state index is 5.43. The van der Waals surface area contributed by atoms with Crippen molar-refractivity contribution in [2.75, 3.05) is 19.2 Å². The normalized spacial score (nSPS) is 12.4. The molecule has 1 aliphatic rings. The van der Waals surface area contributed by atoms with Crippen LogP contribution in [0.1, 0.15) is 5.69 Å². The van der Waals surface area contributed by atoms with Crippen LogP contribution in [0.2, 0.25) is 0 Å². The Hall–Kier alpha value is -2.95. The fourth-order valence-electron chi connectivity index (χ4n) is 2.75. The minimum atomic E-state index is 0.271. The van der Waals surface area contributed by atoms with Gasteiger partial charge in [-0.2, -0.15) is 0 Å². The number of pyridine rings is 1. The third-order valence-electron chi connectivity index (χ3n) is 3.80. The van der Waals surface area contributed by atoms with Crippen LogP contribution in [-0.4, -0.2) is 18.9 Å². The first-order valence-corrected chi connectivity index (χ1v) is 7.35. The van der Waals surface area contributed by atoms with E-state index in [4.69, 9.17) is 14.2 Å². The summed E-state index contributed by atoms with van der Waals surface area (Å²) in [6, 6.07) is 13.7. The monoisotopic (exact) mass is 308 g/mol. The van der Waals surface area contributed by atoms with E-state index in [0.29, 0.717) is 0 Å². The number of benzene rings is 2. The summed E-state index contributed by atoms with van der Waals surface area (Å²) >= 11 is 0. The highest BCUT2D eigenvalue weighted by Crippen LogP contribution is 2.37. The minimum absolute atomic E-state index is 0.271. The van der Waals surface area contributed by atoms with Gasteiger partial charge >= 0.3 is 0 Å². The average molecular weight is 308 g/mol. The smallest absolute Gasteiger partial charge is 0.231 e. The Morgan fingerprint density at radius 2 is 1.96 bits per heavy atom. The van der Waals surface area contributed by atoms with Crippen LogP contribution >= 0.6 is 0 Å². The Balaban J connectivity index is 1.79.